The molecule has 1 aliphatic rings. The van der Waals surface area contributed by atoms with Gasteiger partial charge in [-0.15, -0.1) is 0 Å². The summed E-state index contributed by atoms with van der Waals surface area (Å²) in [5.74, 6) is 0.421. The Morgan fingerprint density at radius 1 is 1.43 bits per heavy atom. The molecule has 82 valence electrons. The highest BCUT2D eigenvalue weighted by molar-refractivity contribution is 5.79. The predicted molar refractivity (Wildman–Crippen MR) is 55.1 cm³/mol. The van der Waals surface area contributed by atoms with Crippen LogP contribution in [0, 0.1) is 5.92 Å². The largest absolute Gasteiger partial charge is 0.385 e. The molecule has 1 rings (SSSR count). The monoisotopic (exact) mass is 200 g/mol. The Hall–Kier alpha value is -0.610. The van der Waals surface area contributed by atoms with Gasteiger partial charge in [0, 0.05) is 33.4 Å². The third kappa shape index (κ3) is 4.07. The average Bonchev–Trinajstić information content (AvgIpc) is 2.08. The Morgan fingerprint density at radius 2 is 2.21 bits per heavy atom. The van der Waals surface area contributed by atoms with Gasteiger partial charge in [-0.2, -0.15) is 0 Å². The quantitative estimate of drug-likeness (QED) is 0.575. The van der Waals surface area contributed by atoms with E-state index in [1.54, 1.807) is 7.11 Å². The van der Waals surface area contributed by atoms with E-state index in [1.807, 2.05) is 0 Å². The number of hydrogen-bond donors (Lipinski definition) is 2. The second-order valence-electron chi connectivity index (χ2n) is 3.70. The van der Waals surface area contributed by atoms with Crippen molar-refractivity contribution in [3.8, 4) is 0 Å². The molecule has 0 atom stereocenters. The van der Waals surface area contributed by atoms with Crippen LogP contribution in [-0.2, 0) is 9.53 Å². The van der Waals surface area contributed by atoms with Crippen molar-refractivity contribution < 1.29 is 9.53 Å². The van der Waals surface area contributed by atoms with Gasteiger partial charge in [0.2, 0.25) is 5.91 Å². The van der Waals surface area contributed by atoms with Crippen LogP contribution in [0.25, 0.3) is 0 Å². The van der Waals surface area contributed by atoms with Crippen molar-refractivity contribution in [1.82, 2.24) is 10.6 Å². The van der Waals surface area contributed by atoms with Crippen LogP contribution in [0.15, 0.2) is 0 Å². The first-order valence-electron chi connectivity index (χ1n) is 5.32. The summed E-state index contributed by atoms with van der Waals surface area (Å²) in [6.07, 6.45) is 3.25. The van der Waals surface area contributed by atoms with E-state index in [9.17, 15) is 4.79 Å². The smallest absolute Gasteiger partial charge is 0.225 e. The fourth-order valence-electron chi connectivity index (χ4n) is 1.38. The summed E-state index contributed by atoms with van der Waals surface area (Å²) in [5.41, 5.74) is 0. The second kappa shape index (κ2) is 6.79. The van der Waals surface area contributed by atoms with Crippen molar-refractivity contribution in [1.29, 1.82) is 0 Å². The third-order valence-corrected chi connectivity index (χ3v) is 2.48. The van der Waals surface area contributed by atoms with E-state index in [-0.39, 0.29) is 11.8 Å². The molecule has 0 unspecified atom stereocenters. The highest BCUT2D eigenvalue weighted by atomic mass is 16.5. The summed E-state index contributed by atoms with van der Waals surface area (Å²) in [5, 5.41) is 6.02. The molecule has 0 aromatic carbocycles. The van der Waals surface area contributed by atoms with Gasteiger partial charge in [-0.05, 0) is 19.3 Å². The van der Waals surface area contributed by atoms with E-state index >= 15 is 0 Å². The molecule has 4 nitrogen and oxygen atoms in total. The van der Waals surface area contributed by atoms with Gasteiger partial charge in [0.05, 0.1) is 5.92 Å². The first-order chi connectivity index (χ1) is 6.84. The Labute approximate surface area is 85.4 Å². The van der Waals surface area contributed by atoms with Gasteiger partial charge in [-0.1, -0.05) is 0 Å². The maximum atomic E-state index is 11.3. The maximum absolute atomic E-state index is 11.3. The molecule has 0 aliphatic carbocycles. The van der Waals surface area contributed by atoms with Crippen LogP contribution in [0.1, 0.15) is 19.3 Å². The minimum absolute atomic E-state index is 0.204. The van der Waals surface area contributed by atoms with Gasteiger partial charge in [-0.25, -0.2) is 0 Å². The SMILES string of the molecule is COCCCCCNC(=O)C1CNC1. The lowest BCUT2D eigenvalue weighted by Gasteiger charge is -2.25. The topological polar surface area (TPSA) is 50.4 Å². The van der Waals surface area contributed by atoms with Gasteiger partial charge in [0.25, 0.3) is 0 Å². The van der Waals surface area contributed by atoms with Gasteiger partial charge < -0.3 is 15.4 Å². The molecular weight excluding hydrogens is 180 g/mol. The second-order valence-corrected chi connectivity index (χ2v) is 3.70. The standard InChI is InChI=1S/C10H20N2O2/c1-14-6-4-2-3-5-12-10(13)9-7-11-8-9/h9,11H,2-8H2,1H3,(H,12,13). The lowest BCUT2D eigenvalue weighted by atomic mass is 10.0. The fourth-order valence-corrected chi connectivity index (χ4v) is 1.38. The molecule has 0 aromatic heterocycles. The van der Waals surface area contributed by atoms with E-state index in [4.69, 9.17) is 4.74 Å². The number of methoxy groups -OCH3 is 1. The molecule has 0 radical (unpaired) electrons. The van der Waals surface area contributed by atoms with Gasteiger partial charge in [-0.3, -0.25) is 4.79 Å². The van der Waals surface area contributed by atoms with Crippen molar-refractivity contribution in [2.75, 3.05) is 33.4 Å². The van der Waals surface area contributed by atoms with E-state index in [2.05, 4.69) is 10.6 Å². The zero-order valence-corrected chi connectivity index (χ0v) is 8.84. The molecule has 14 heavy (non-hydrogen) atoms. The molecule has 0 aromatic rings. The summed E-state index contributed by atoms with van der Waals surface area (Å²) in [6, 6.07) is 0. The number of rotatable bonds is 7. The fraction of sp³-hybridized carbons (Fsp3) is 0.900. The normalized spacial score (nSPS) is 16.4. The highest BCUT2D eigenvalue weighted by Crippen LogP contribution is 2.02. The highest BCUT2D eigenvalue weighted by Gasteiger charge is 2.23. The van der Waals surface area contributed by atoms with Crippen LogP contribution in [0.2, 0.25) is 0 Å². The number of carbonyl (C=O) groups is 1. The molecule has 0 bridgehead atoms. The number of amides is 1. The number of ether oxygens (including phenoxy) is 1. The molecule has 1 amide bonds. The first-order valence-corrected chi connectivity index (χ1v) is 5.32. The Balaban J connectivity index is 1.85. The molecule has 0 spiro atoms. The number of unbranched alkanes of at least 4 members (excludes halogenated alkanes) is 2. The van der Waals surface area contributed by atoms with Gasteiger partial charge in [0.1, 0.15) is 0 Å². The molecule has 2 N–H and O–H groups in total. The van der Waals surface area contributed by atoms with Crippen molar-refractivity contribution in [3.63, 3.8) is 0 Å². The van der Waals surface area contributed by atoms with E-state index in [0.29, 0.717) is 0 Å². The van der Waals surface area contributed by atoms with Crippen LogP contribution < -0.4 is 10.6 Å². The molecule has 1 saturated heterocycles. The third-order valence-electron chi connectivity index (χ3n) is 2.48. The number of hydrogen-bond acceptors (Lipinski definition) is 3. The number of carbonyl (C=O) groups excluding carboxylic acids is 1. The van der Waals surface area contributed by atoms with Crippen molar-refractivity contribution in [2.24, 2.45) is 5.92 Å². The van der Waals surface area contributed by atoms with E-state index in [1.165, 1.54) is 0 Å². The Morgan fingerprint density at radius 3 is 2.79 bits per heavy atom. The summed E-state index contributed by atoms with van der Waals surface area (Å²) in [4.78, 5) is 11.3. The minimum atomic E-state index is 0.204. The molecular formula is C10H20N2O2. The molecule has 0 saturated carbocycles. The zero-order valence-electron chi connectivity index (χ0n) is 8.84. The molecule has 1 fully saturated rings. The van der Waals surface area contributed by atoms with Gasteiger partial charge >= 0.3 is 0 Å². The Kier molecular flexibility index (Phi) is 5.56. The average molecular weight is 200 g/mol. The van der Waals surface area contributed by atoms with Crippen LogP contribution in [0.4, 0.5) is 0 Å². The zero-order chi connectivity index (χ0) is 10.2. The first kappa shape index (κ1) is 11.5. The maximum Gasteiger partial charge on any atom is 0.225 e. The van der Waals surface area contributed by atoms with Crippen LogP contribution in [0.5, 0.6) is 0 Å². The summed E-state index contributed by atoms with van der Waals surface area (Å²) < 4.78 is 4.94. The van der Waals surface area contributed by atoms with Crippen molar-refractivity contribution >= 4 is 5.91 Å². The lowest BCUT2D eigenvalue weighted by Crippen LogP contribution is -2.50. The van der Waals surface area contributed by atoms with E-state index < -0.39 is 0 Å². The van der Waals surface area contributed by atoms with Crippen LogP contribution in [-0.4, -0.2) is 39.3 Å². The predicted octanol–water partition coefficient (Wildman–Crippen LogP) is 0.139. The molecule has 4 heteroatoms. The van der Waals surface area contributed by atoms with Crippen LogP contribution in [0.3, 0.4) is 0 Å². The summed E-state index contributed by atoms with van der Waals surface area (Å²) in [6.45, 7) is 3.31. The number of nitrogens with one attached hydrogen (secondary N) is 2. The lowest BCUT2D eigenvalue weighted by molar-refractivity contribution is -0.126. The van der Waals surface area contributed by atoms with Crippen molar-refractivity contribution in [2.45, 2.75) is 19.3 Å². The summed E-state index contributed by atoms with van der Waals surface area (Å²) in [7, 11) is 1.71. The van der Waals surface area contributed by atoms with Crippen LogP contribution >= 0.6 is 0 Å². The summed E-state index contributed by atoms with van der Waals surface area (Å²) >= 11 is 0. The molecule has 1 aliphatic heterocycles. The van der Waals surface area contributed by atoms with E-state index in [0.717, 1.165) is 45.5 Å². The molecule has 1 heterocycles. The van der Waals surface area contributed by atoms with Crippen molar-refractivity contribution in [3.05, 3.63) is 0 Å². The minimum Gasteiger partial charge on any atom is -0.385 e. The van der Waals surface area contributed by atoms with Gasteiger partial charge in [0.15, 0.2) is 0 Å². The Bertz CT molecular complexity index is 170.